The lowest BCUT2D eigenvalue weighted by atomic mass is 9.85. The van der Waals surface area contributed by atoms with Gasteiger partial charge >= 0.3 is 0 Å². The quantitative estimate of drug-likeness (QED) is 0.593. The molecule has 5 rings (SSSR count). The third-order valence-electron chi connectivity index (χ3n) is 8.14. The molecular formula is C28H38FN5O3. The van der Waals surface area contributed by atoms with Crippen LogP contribution in [0.2, 0.25) is 0 Å². The minimum absolute atomic E-state index is 0.0913. The molecule has 200 valence electrons. The van der Waals surface area contributed by atoms with Crippen molar-refractivity contribution in [1.82, 2.24) is 25.2 Å². The molecule has 2 aliphatic carbocycles. The van der Waals surface area contributed by atoms with Gasteiger partial charge in [0, 0.05) is 30.6 Å². The maximum Gasteiger partial charge on any atom is 0.248 e. The summed E-state index contributed by atoms with van der Waals surface area (Å²) in [6.07, 6.45) is 7.23. The average Bonchev–Trinajstić information content (AvgIpc) is 3.20. The lowest BCUT2D eigenvalue weighted by molar-refractivity contribution is -0.144. The van der Waals surface area contributed by atoms with E-state index in [4.69, 9.17) is 0 Å². The predicted octanol–water partition coefficient (Wildman–Crippen LogP) is 3.52. The number of amides is 2. The second kappa shape index (κ2) is 9.82. The summed E-state index contributed by atoms with van der Waals surface area (Å²) in [5.74, 6) is -0.393. The average molecular weight is 512 g/mol. The molecule has 0 unspecified atom stereocenters. The highest BCUT2D eigenvalue weighted by Crippen LogP contribution is 2.40. The van der Waals surface area contributed by atoms with Gasteiger partial charge in [-0.15, -0.1) is 5.10 Å². The smallest absolute Gasteiger partial charge is 0.248 e. The number of likely N-dealkylation sites (tertiary alicyclic amines) is 1. The van der Waals surface area contributed by atoms with Crippen molar-refractivity contribution in [3.8, 4) is 0 Å². The van der Waals surface area contributed by atoms with Crippen LogP contribution in [0.4, 0.5) is 4.39 Å². The van der Waals surface area contributed by atoms with Crippen LogP contribution in [0.5, 0.6) is 0 Å². The van der Waals surface area contributed by atoms with Gasteiger partial charge in [0.1, 0.15) is 17.9 Å². The van der Waals surface area contributed by atoms with Crippen molar-refractivity contribution in [2.24, 2.45) is 5.41 Å². The van der Waals surface area contributed by atoms with Crippen molar-refractivity contribution in [2.45, 2.75) is 102 Å². The molecule has 9 heteroatoms. The number of aromatic nitrogens is 3. The van der Waals surface area contributed by atoms with E-state index >= 15 is 0 Å². The zero-order valence-electron chi connectivity index (χ0n) is 22.0. The Balaban J connectivity index is 1.37. The van der Waals surface area contributed by atoms with Gasteiger partial charge in [0.05, 0.1) is 11.8 Å². The van der Waals surface area contributed by atoms with E-state index in [1.165, 1.54) is 11.0 Å². The normalized spacial score (nSPS) is 24.3. The fraction of sp³-hybridized carbons (Fsp3) is 0.643. The first-order valence-corrected chi connectivity index (χ1v) is 13.5. The molecule has 2 aromatic rings. The van der Waals surface area contributed by atoms with E-state index in [0.717, 1.165) is 44.2 Å². The number of carbonyl (C=O) groups excluding carboxylic acids is 2. The molecule has 2 saturated carbocycles. The van der Waals surface area contributed by atoms with Crippen LogP contribution in [0.25, 0.3) is 0 Å². The Morgan fingerprint density at radius 2 is 1.92 bits per heavy atom. The number of aliphatic hydroxyl groups is 1. The van der Waals surface area contributed by atoms with Gasteiger partial charge in [0.2, 0.25) is 11.8 Å². The minimum Gasteiger partial charge on any atom is -0.391 e. The van der Waals surface area contributed by atoms with Gasteiger partial charge in [0.15, 0.2) is 0 Å². The summed E-state index contributed by atoms with van der Waals surface area (Å²) in [6, 6.07) is 5.22. The third-order valence-corrected chi connectivity index (χ3v) is 8.14. The summed E-state index contributed by atoms with van der Waals surface area (Å²) in [5, 5.41) is 22.4. The summed E-state index contributed by atoms with van der Waals surface area (Å²) >= 11 is 0. The number of nitrogens with one attached hydrogen (secondary N) is 1. The summed E-state index contributed by atoms with van der Waals surface area (Å²) in [7, 11) is 0. The summed E-state index contributed by atoms with van der Waals surface area (Å²) in [6.45, 7) is 6.00. The van der Waals surface area contributed by atoms with E-state index in [2.05, 4.69) is 15.6 Å². The minimum atomic E-state index is -0.795. The lowest BCUT2D eigenvalue weighted by Crippen LogP contribution is -2.56. The van der Waals surface area contributed by atoms with Gasteiger partial charge in [-0.1, -0.05) is 57.0 Å². The molecule has 3 aliphatic rings. The molecule has 1 aliphatic heterocycles. The van der Waals surface area contributed by atoms with Crippen LogP contribution in [-0.4, -0.2) is 61.0 Å². The van der Waals surface area contributed by atoms with Crippen molar-refractivity contribution in [3.63, 3.8) is 0 Å². The van der Waals surface area contributed by atoms with Crippen LogP contribution in [-0.2, 0) is 16.0 Å². The third kappa shape index (κ3) is 5.42. The number of β-amino-alcohol motifs (C(OH)–C–C–N with tert-alkyl or cyclic N) is 1. The summed E-state index contributed by atoms with van der Waals surface area (Å²) in [5.41, 5.74) is 0.428. The molecule has 2 amide bonds. The van der Waals surface area contributed by atoms with Crippen molar-refractivity contribution in [1.29, 1.82) is 0 Å². The van der Waals surface area contributed by atoms with Crippen LogP contribution < -0.4 is 5.32 Å². The van der Waals surface area contributed by atoms with Crippen molar-refractivity contribution in [3.05, 3.63) is 47.5 Å². The fourth-order valence-electron chi connectivity index (χ4n) is 6.07. The molecule has 1 aromatic heterocycles. The van der Waals surface area contributed by atoms with Gasteiger partial charge < -0.3 is 15.3 Å². The Kier molecular flexibility index (Phi) is 6.85. The van der Waals surface area contributed by atoms with Crippen molar-refractivity contribution in [2.75, 3.05) is 6.54 Å². The van der Waals surface area contributed by atoms with Gasteiger partial charge in [-0.25, -0.2) is 9.07 Å². The monoisotopic (exact) mass is 511 g/mol. The second-order valence-corrected chi connectivity index (χ2v) is 12.3. The lowest BCUT2D eigenvalue weighted by Gasteiger charge is -2.36. The van der Waals surface area contributed by atoms with Gasteiger partial charge in [-0.05, 0) is 49.1 Å². The maximum absolute atomic E-state index is 14.5. The number of hydrogen-bond acceptors (Lipinski definition) is 5. The zero-order valence-corrected chi connectivity index (χ0v) is 22.0. The maximum atomic E-state index is 14.5. The zero-order chi connectivity index (χ0) is 26.4. The van der Waals surface area contributed by atoms with Crippen LogP contribution in [0.3, 0.4) is 0 Å². The Hall–Kier alpha value is -2.81. The fourth-order valence-corrected chi connectivity index (χ4v) is 6.07. The van der Waals surface area contributed by atoms with Gasteiger partial charge in [-0.3, -0.25) is 9.59 Å². The summed E-state index contributed by atoms with van der Waals surface area (Å²) in [4.78, 5) is 29.2. The van der Waals surface area contributed by atoms with Crippen LogP contribution >= 0.6 is 0 Å². The topological polar surface area (TPSA) is 100 Å². The van der Waals surface area contributed by atoms with Gasteiger partial charge in [-0.2, -0.15) is 0 Å². The van der Waals surface area contributed by atoms with Crippen LogP contribution in [0, 0.1) is 11.2 Å². The molecule has 3 atom stereocenters. The number of hydrogen-bond donors (Lipinski definition) is 2. The Labute approximate surface area is 217 Å². The Morgan fingerprint density at radius 3 is 2.57 bits per heavy atom. The standard InChI is InChI=1S/C28H38FN5O3/c1-27(2,3)24(34-17-22(31-32-34)18-10-11-18)26(37)33-16-20(35)14-23(33)25(36)30-28(12-6-7-13-28)15-19-8-4-5-9-21(19)29/h4-5,8-9,17-18,20,23-24,35H,6-7,10-16H2,1-3H3,(H,30,36)/t20-,23+,24-/m1/s1. The first-order chi connectivity index (χ1) is 17.6. The van der Waals surface area contributed by atoms with E-state index in [1.54, 1.807) is 16.8 Å². The van der Waals surface area contributed by atoms with Crippen molar-refractivity contribution >= 4 is 11.8 Å². The molecule has 0 bridgehead atoms. The first kappa shape index (κ1) is 25.8. The molecule has 2 N–H and O–H groups in total. The Bertz CT molecular complexity index is 1150. The number of benzene rings is 1. The molecule has 3 fully saturated rings. The molecule has 1 aromatic carbocycles. The molecule has 0 spiro atoms. The molecule has 0 radical (unpaired) electrons. The SMILES string of the molecule is CC(C)(C)[C@@H](C(=O)N1C[C@H](O)C[C@H]1C(=O)NC1(Cc2ccccc2F)CCCC1)n1cc(C2CC2)nn1. The van der Waals surface area contributed by atoms with E-state index in [0.29, 0.717) is 17.9 Å². The highest BCUT2D eigenvalue weighted by atomic mass is 19.1. The molecular weight excluding hydrogens is 473 g/mol. The van der Waals surface area contributed by atoms with E-state index < -0.39 is 29.1 Å². The molecule has 37 heavy (non-hydrogen) atoms. The van der Waals surface area contributed by atoms with E-state index in [-0.39, 0.29) is 30.6 Å². The number of aliphatic hydroxyl groups excluding tert-OH is 1. The number of carbonyl (C=O) groups is 2. The van der Waals surface area contributed by atoms with Crippen molar-refractivity contribution < 1.29 is 19.1 Å². The second-order valence-electron chi connectivity index (χ2n) is 12.3. The number of halogens is 1. The predicted molar refractivity (Wildman–Crippen MR) is 136 cm³/mol. The van der Waals surface area contributed by atoms with Gasteiger partial charge in [0.25, 0.3) is 0 Å². The van der Waals surface area contributed by atoms with Crippen LogP contribution in [0.1, 0.15) is 88.9 Å². The molecule has 2 heterocycles. The molecule has 1 saturated heterocycles. The number of nitrogens with zero attached hydrogens (tertiary/aromatic N) is 4. The van der Waals surface area contributed by atoms with E-state index in [9.17, 15) is 19.1 Å². The summed E-state index contributed by atoms with van der Waals surface area (Å²) < 4.78 is 16.1. The molecule has 8 nitrogen and oxygen atoms in total. The Morgan fingerprint density at radius 1 is 1.22 bits per heavy atom. The first-order valence-electron chi connectivity index (χ1n) is 13.5. The largest absolute Gasteiger partial charge is 0.391 e. The highest BCUT2D eigenvalue weighted by Gasteiger charge is 2.47. The highest BCUT2D eigenvalue weighted by molar-refractivity contribution is 5.90. The van der Waals surface area contributed by atoms with Crippen LogP contribution in [0.15, 0.2) is 30.5 Å². The van der Waals surface area contributed by atoms with E-state index in [1.807, 2.05) is 33.0 Å². The number of rotatable bonds is 7.